The van der Waals surface area contributed by atoms with Gasteiger partial charge in [-0.3, -0.25) is 4.79 Å². The number of hydrogen-bond acceptors (Lipinski definition) is 3. The number of hydrogen-bond donors (Lipinski definition) is 0. The van der Waals surface area contributed by atoms with Gasteiger partial charge < -0.3 is 9.30 Å². The molecular weight excluding hydrogens is 387 g/mol. The molecule has 0 aliphatic carbocycles. The number of rotatable bonds is 7. The summed E-state index contributed by atoms with van der Waals surface area (Å²) in [6.45, 7) is 7.44. The first-order valence-electron chi connectivity index (χ1n) is 9.81. The normalized spacial score (nSPS) is 11.7. The number of halogens is 1. The van der Waals surface area contributed by atoms with Crippen LogP contribution in [0.5, 0.6) is 5.75 Å². The summed E-state index contributed by atoms with van der Waals surface area (Å²) in [6, 6.07) is 13.5. The van der Waals surface area contributed by atoms with Gasteiger partial charge in [0.15, 0.2) is 4.80 Å². The standard InChI is InChI=1S/C23H25FN2O2S/c1-4-6-15-28-20-13-9-18(10-14-20)22(27)25-23-26(5-2)21(16(3)29-23)17-7-11-19(24)12-8-17/h7-14H,4-6,15H2,1-3H3. The van der Waals surface area contributed by atoms with Crippen LogP contribution in [0.15, 0.2) is 53.5 Å². The number of aryl methyl sites for hydroxylation is 1. The smallest absolute Gasteiger partial charge is 0.279 e. The molecule has 0 bridgehead atoms. The zero-order valence-corrected chi connectivity index (χ0v) is 17.8. The van der Waals surface area contributed by atoms with E-state index in [1.165, 1.54) is 23.5 Å². The van der Waals surface area contributed by atoms with Gasteiger partial charge in [-0.25, -0.2) is 4.39 Å². The number of ether oxygens (including phenoxy) is 1. The van der Waals surface area contributed by atoms with Gasteiger partial charge in [0.05, 0.1) is 12.3 Å². The molecule has 3 aromatic rings. The van der Waals surface area contributed by atoms with Crippen LogP contribution in [-0.4, -0.2) is 17.1 Å². The predicted molar refractivity (Wildman–Crippen MR) is 115 cm³/mol. The van der Waals surface area contributed by atoms with Crippen molar-refractivity contribution in [2.24, 2.45) is 4.99 Å². The van der Waals surface area contributed by atoms with E-state index in [9.17, 15) is 9.18 Å². The van der Waals surface area contributed by atoms with Crippen LogP contribution in [0.1, 0.15) is 41.9 Å². The number of amides is 1. The van der Waals surface area contributed by atoms with E-state index in [0.717, 1.165) is 34.7 Å². The van der Waals surface area contributed by atoms with Crippen molar-refractivity contribution in [2.45, 2.75) is 40.2 Å². The number of carbonyl (C=O) groups is 1. The van der Waals surface area contributed by atoms with Crippen molar-refractivity contribution in [3.63, 3.8) is 0 Å². The van der Waals surface area contributed by atoms with Gasteiger partial charge in [0, 0.05) is 17.0 Å². The minimum absolute atomic E-state index is 0.271. The molecule has 0 unspecified atom stereocenters. The molecule has 0 aliphatic rings. The van der Waals surface area contributed by atoms with E-state index in [2.05, 4.69) is 11.9 Å². The van der Waals surface area contributed by atoms with Gasteiger partial charge >= 0.3 is 0 Å². The van der Waals surface area contributed by atoms with Crippen LogP contribution >= 0.6 is 11.3 Å². The molecule has 2 aromatic carbocycles. The van der Waals surface area contributed by atoms with E-state index < -0.39 is 0 Å². The lowest BCUT2D eigenvalue weighted by atomic mass is 10.1. The number of thiazole rings is 1. The summed E-state index contributed by atoms with van der Waals surface area (Å²) in [6.07, 6.45) is 2.08. The number of unbranched alkanes of at least 4 members (excludes halogenated alkanes) is 1. The third-order valence-corrected chi connectivity index (χ3v) is 5.57. The van der Waals surface area contributed by atoms with Crippen molar-refractivity contribution in [2.75, 3.05) is 6.61 Å². The van der Waals surface area contributed by atoms with Crippen LogP contribution in [0.4, 0.5) is 4.39 Å². The summed E-state index contributed by atoms with van der Waals surface area (Å²) >= 11 is 1.46. The summed E-state index contributed by atoms with van der Waals surface area (Å²) in [4.78, 5) is 18.7. The van der Waals surface area contributed by atoms with Gasteiger partial charge in [-0.2, -0.15) is 4.99 Å². The van der Waals surface area contributed by atoms with Crippen LogP contribution < -0.4 is 9.54 Å². The Kier molecular flexibility index (Phi) is 6.99. The highest BCUT2D eigenvalue weighted by molar-refractivity contribution is 7.09. The number of benzene rings is 2. The molecule has 0 N–H and O–H groups in total. The largest absolute Gasteiger partial charge is 0.494 e. The number of nitrogens with zero attached hydrogens (tertiary/aromatic N) is 2. The summed E-state index contributed by atoms with van der Waals surface area (Å²) < 4.78 is 20.9. The minimum atomic E-state index is -0.292. The van der Waals surface area contributed by atoms with E-state index in [-0.39, 0.29) is 11.7 Å². The Balaban J connectivity index is 1.89. The molecule has 1 heterocycles. The molecule has 0 saturated heterocycles. The van der Waals surface area contributed by atoms with Crippen LogP contribution in [-0.2, 0) is 6.54 Å². The van der Waals surface area contributed by atoms with E-state index in [1.807, 2.05) is 18.4 Å². The Hall–Kier alpha value is -2.73. The third-order valence-electron chi connectivity index (χ3n) is 4.58. The molecule has 4 nitrogen and oxygen atoms in total. The fourth-order valence-corrected chi connectivity index (χ4v) is 4.11. The van der Waals surface area contributed by atoms with Crippen molar-refractivity contribution >= 4 is 17.2 Å². The highest BCUT2D eigenvalue weighted by Crippen LogP contribution is 2.25. The molecule has 29 heavy (non-hydrogen) atoms. The van der Waals surface area contributed by atoms with E-state index >= 15 is 0 Å². The molecule has 1 aromatic heterocycles. The molecule has 0 saturated carbocycles. The molecule has 6 heteroatoms. The van der Waals surface area contributed by atoms with Gasteiger partial charge in [-0.15, -0.1) is 11.3 Å². The highest BCUT2D eigenvalue weighted by atomic mass is 32.1. The molecule has 152 valence electrons. The first-order valence-corrected chi connectivity index (χ1v) is 10.6. The summed E-state index contributed by atoms with van der Waals surface area (Å²) in [5, 5.41) is 0. The quantitative estimate of drug-likeness (QED) is 0.474. The third kappa shape index (κ3) is 5.01. The van der Waals surface area contributed by atoms with Crippen LogP contribution in [0, 0.1) is 12.7 Å². The van der Waals surface area contributed by atoms with E-state index in [0.29, 0.717) is 23.5 Å². The average molecular weight is 413 g/mol. The Morgan fingerprint density at radius 3 is 2.41 bits per heavy atom. The van der Waals surface area contributed by atoms with Gasteiger partial charge in [-0.05, 0) is 74.4 Å². The molecule has 0 radical (unpaired) electrons. The first kappa shape index (κ1) is 21.0. The second-order valence-electron chi connectivity index (χ2n) is 6.68. The topological polar surface area (TPSA) is 43.6 Å². The van der Waals surface area contributed by atoms with E-state index in [1.54, 1.807) is 36.4 Å². The zero-order chi connectivity index (χ0) is 20.8. The molecular formula is C23H25FN2O2S. The van der Waals surface area contributed by atoms with Crippen molar-refractivity contribution in [3.05, 3.63) is 69.6 Å². The maximum absolute atomic E-state index is 13.3. The summed E-state index contributed by atoms with van der Waals surface area (Å²) in [5.74, 6) is 0.190. The van der Waals surface area contributed by atoms with Gasteiger partial charge in [-0.1, -0.05) is 13.3 Å². The van der Waals surface area contributed by atoms with E-state index in [4.69, 9.17) is 4.74 Å². The second kappa shape index (κ2) is 9.65. The zero-order valence-electron chi connectivity index (χ0n) is 16.9. The van der Waals surface area contributed by atoms with Gasteiger partial charge in [0.2, 0.25) is 0 Å². The molecule has 0 spiro atoms. The second-order valence-corrected chi connectivity index (χ2v) is 7.87. The lowest BCUT2D eigenvalue weighted by Gasteiger charge is -2.07. The van der Waals surface area contributed by atoms with Crippen molar-refractivity contribution in [1.29, 1.82) is 0 Å². The molecule has 0 fully saturated rings. The first-order chi connectivity index (χ1) is 14.0. The lowest BCUT2D eigenvalue weighted by molar-refractivity contribution is 0.0998. The summed E-state index contributed by atoms with van der Waals surface area (Å²) in [5.41, 5.74) is 2.39. The van der Waals surface area contributed by atoms with Crippen LogP contribution in [0.25, 0.3) is 11.3 Å². The Bertz CT molecular complexity index is 1030. The molecule has 3 rings (SSSR count). The maximum Gasteiger partial charge on any atom is 0.279 e. The number of carbonyl (C=O) groups excluding carboxylic acids is 1. The van der Waals surface area contributed by atoms with Crippen molar-refractivity contribution in [3.8, 4) is 17.0 Å². The predicted octanol–water partition coefficient (Wildman–Crippen LogP) is 5.60. The Labute approximate surface area is 174 Å². The fraction of sp³-hybridized carbons (Fsp3) is 0.304. The molecule has 1 amide bonds. The van der Waals surface area contributed by atoms with Crippen LogP contribution in [0.3, 0.4) is 0 Å². The molecule has 0 aliphatic heterocycles. The van der Waals surface area contributed by atoms with Gasteiger partial charge in [0.1, 0.15) is 11.6 Å². The SMILES string of the molecule is CCCCOc1ccc(C(=O)N=c2sc(C)c(-c3ccc(F)cc3)n2CC)cc1. The lowest BCUT2D eigenvalue weighted by Crippen LogP contribution is -2.17. The van der Waals surface area contributed by atoms with Gasteiger partial charge in [0.25, 0.3) is 5.91 Å². The maximum atomic E-state index is 13.3. The van der Waals surface area contributed by atoms with Crippen LogP contribution in [0.2, 0.25) is 0 Å². The Morgan fingerprint density at radius 2 is 1.79 bits per heavy atom. The monoisotopic (exact) mass is 412 g/mol. The summed E-state index contributed by atoms with van der Waals surface area (Å²) in [7, 11) is 0. The number of aromatic nitrogens is 1. The highest BCUT2D eigenvalue weighted by Gasteiger charge is 2.13. The average Bonchev–Trinajstić information content (AvgIpc) is 3.04. The Morgan fingerprint density at radius 1 is 1.10 bits per heavy atom. The fourth-order valence-electron chi connectivity index (χ4n) is 3.05. The van der Waals surface area contributed by atoms with Crippen molar-refractivity contribution < 1.29 is 13.9 Å². The van der Waals surface area contributed by atoms with Crippen molar-refractivity contribution in [1.82, 2.24) is 4.57 Å². The minimum Gasteiger partial charge on any atom is -0.494 e. The molecule has 0 atom stereocenters.